The summed E-state index contributed by atoms with van der Waals surface area (Å²) in [6, 6.07) is 0.458. The minimum absolute atomic E-state index is 0.181. The molecule has 0 aromatic rings. The van der Waals surface area contributed by atoms with Crippen LogP contribution in [0.25, 0.3) is 0 Å². The Kier molecular flexibility index (Phi) is 7.35. The van der Waals surface area contributed by atoms with Crippen LogP contribution in [0.2, 0.25) is 0 Å². The van der Waals surface area contributed by atoms with E-state index in [1.165, 1.54) is 38.5 Å². The largest absolute Gasteiger partial charge is 0.342 e. The van der Waals surface area contributed by atoms with Crippen LogP contribution in [0.1, 0.15) is 71.1 Å². The van der Waals surface area contributed by atoms with E-state index in [1.807, 2.05) is 0 Å². The molecular formula is C21H37N3O2. The van der Waals surface area contributed by atoms with Gasteiger partial charge in [-0.25, -0.2) is 0 Å². The molecule has 1 saturated carbocycles. The van der Waals surface area contributed by atoms with Gasteiger partial charge in [0.15, 0.2) is 0 Å². The number of likely N-dealkylation sites (N-methyl/N-ethyl adjacent to an activating group) is 1. The van der Waals surface area contributed by atoms with Gasteiger partial charge in [0.25, 0.3) is 0 Å². The molecule has 0 aromatic carbocycles. The Balaban J connectivity index is 1.43. The lowest BCUT2D eigenvalue weighted by Gasteiger charge is -2.38. The zero-order chi connectivity index (χ0) is 18.4. The van der Waals surface area contributed by atoms with Gasteiger partial charge < -0.3 is 9.80 Å². The zero-order valence-electron chi connectivity index (χ0n) is 16.6. The molecule has 0 bridgehead atoms. The number of nitrogens with zero attached hydrogens (tertiary/aromatic N) is 3. The summed E-state index contributed by atoms with van der Waals surface area (Å²) in [5.74, 6) is 0.841. The molecule has 0 spiro atoms. The molecule has 3 rings (SSSR count). The first-order valence-electron chi connectivity index (χ1n) is 11.0. The second-order valence-electron chi connectivity index (χ2n) is 8.41. The van der Waals surface area contributed by atoms with Crippen LogP contribution in [-0.4, -0.2) is 71.8 Å². The molecule has 0 unspecified atom stereocenters. The molecule has 2 saturated heterocycles. The summed E-state index contributed by atoms with van der Waals surface area (Å²) in [4.78, 5) is 32.0. The zero-order valence-corrected chi connectivity index (χ0v) is 16.6. The Labute approximate surface area is 159 Å². The van der Waals surface area contributed by atoms with E-state index in [9.17, 15) is 9.59 Å². The number of carbonyl (C=O) groups excluding carboxylic acids is 2. The number of hydrogen-bond acceptors (Lipinski definition) is 3. The van der Waals surface area contributed by atoms with Crippen molar-refractivity contribution in [1.82, 2.24) is 14.7 Å². The molecule has 5 nitrogen and oxygen atoms in total. The first-order valence-corrected chi connectivity index (χ1v) is 11.0. The minimum atomic E-state index is 0.181. The van der Waals surface area contributed by atoms with E-state index < -0.39 is 0 Å². The van der Waals surface area contributed by atoms with Gasteiger partial charge in [-0.15, -0.1) is 0 Å². The molecule has 148 valence electrons. The first-order chi connectivity index (χ1) is 12.7. The van der Waals surface area contributed by atoms with Crippen molar-refractivity contribution < 1.29 is 9.59 Å². The summed E-state index contributed by atoms with van der Waals surface area (Å²) in [5, 5.41) is 0. The quantitative estimate of drug-likeness (QED) is 0.754. The summed E-state index contributed by atoms with van der Waals surface area (Å²) >= 11 is 0. The molecule has 0 N–H and O–H groups in total. The Morgan fingerprint density at radius 1 is 0.846 bits per heavy atom. The van der Waals surface area contributed by atoms with Gasteiger partial charge in [0.05, 0.1) is 6.54 Å². The Morgan fingerprint density at radius 3 is 2.08 bits per heavy atom. The molecule has 1 aliphatic carbocycles. The molecule has 3 fully saturated rings. The third-order valence-corrected chi connectivity index (χ3v) is 6.64. The second kappa shape index (κ2) is 9.72. The van der Waals surface area contributed by atoms with Crippen LogP contribution in [0.4, 0.5) is 0 Å². The fourth-order valence-electron chi connectivity index (χ4n) is 5.02. The van der Waals surface area contributed by atoms with Gasteiger partial charge in [-0.2, -0.15) is 0 Å². The van der Waals surface area contributed by atoms with Crippen molar-refractivity contribution in [3.8, 4) is 0 Å². The number of carbonyl (C=O) groups is 2. The molecule has 3 aliphatic rings. The van der Waals surface area contributed by atoms with Crippen molar-refractivity contribution >= 4 is 11.8 Å². The number of rotatable bonds is 5. The molecule has 26 heavy (non-hydrogen) atoms. The molecule has 2 aliphatic heterocycles. The van der Waals surface area contributed by atoms with Crippen LogP contribution in [0.3, 0.4) is 0 Å². The Bertz CT molecular complexity index is 462. The van der Waals surface area contributed by atoms with Crippen LogP contribution < -0.4 is 0 Å². The van der Waals surface area contributed by atoms with Crippen LogP contribution in [-0.2, 0) is 9.59 Å². The lowest BCUT2D eigenvalue weighted by atomic mass is 9.93. The smallest absolute Gasteiger partial charge is 0.236 e. The van der Waals surface area contributed by atoms with Gasteiger partial charge in [-0.05, 0) is 65.0 Å². The standard InChI is InChI=1S/C21H37N3O2/c1-2-24(19-9-5-3-6-10-19)20(25)17-22-15-11-18(12-16-22)21(26)23-13-7-4-8-14-23/h18-19H,2-17H2,1H3. The lowest BCUT2D eigenvalue weighted by Crippen LogP contribution is -2.49. The van der Waals surface area contributed by atoms with Crippen LogP contribution >= 0.6 is 0 Å². The fourth-order valence-corrected chi connectivity index (χ4v) is 5.02. The number of piperidine rings is 2. The number of hydrogen-bond donors (Lipinski definition) is 0. The first kappa shape index (κ1) is 19.7. The minimum Gasteiger partial charge on any atom is -0.342 e. The van der Waals surface area contributed by atoms with E-state index in [-0.39, 0.29) is 5.92 Å². The monoisotopic (exact) mass is 363 g/mol. The predicted molar refractivity (Wildman–Crippen MR) is 104 cm³/mol. The maximum Gasteiger partial charge on any atom is 0.236 e. The maximum atomic E-state index is 12.8. The summed E-state index contributed by atoms with van der Waals surface area (Å²) in [6.07, 6.45) is 11.6. The van der Waals surface area contributed by atoms with Crippen LogP contribution in [0.5, 0.6) is 0 Å². The molecule has 2 amide bonds. The van der Waals surface area contributed by atoms with Gasteiger partial charge in [0.1, 0.15) is 0 Å². The molecule has 5 heteroatoms. The van der Waals surface area contributed by atoms with Crippen molar-refractivity contribution in [2.24, 2.45) is 5.92 Å². The van der Waals surface area contributed by atoms with Crippen molar-refractivity contribution in [2.45, 2.75) is 77.2 Å². The molecule has 0 aromatic heterocycles. The third-order valence-electron chi connectivity index (χ3n) is 6.64. The van der Waals surface area contributed by atoms with Gasteiger partial charge >= 0.3 is 0 Å². The molecule has 0 radical (unpaired) electrons. The average molecular weight is 364 g/mol. The maximum absolute atomic E-state index is 12.8. The predicted octanol–water partition coefficient (Wildman–Crippen LogP) is 2.89. The molecule has 0 atom stereocenters. The summed E-state index contributed by atoms with van der Waals surface area (Å²) in [7, 11) is 0. The van der Waals surface area contributed by atoms with E-state index in [4.69, 9.17) is 0 Å². The van der Waals surface area contributed by atoms with Crippen LogP contribution in [0, 0.1) is 5.92 Å². The van der Waals surface area contributed by atoms with Gasteiger partial charge in [0, 0.05) is 31.6 Å². The molecule has 2 heterocycles. The Morgan fingerprint density at radius 2 is 1.46 bits per heavy atom. The Hall–Kier alpha value is -1.10. The van der Waals surface area contributed by atoms with E-state index in [2.05, 4.69) is 21.6 Å². The number of likely N-dealkylation sites (tertiary alicyclic amines) is 2. The van der Waals surface area contributed by atoms with Gasteiger partial charge in [0.2, 0.25) is 11.8 Å². The fraction of sp³-hybridized carbons (Fsp3) is 0.905. The highest BCUT2D eigenvalue weighted by molar-refractivity contribution is 5.80. The van der Waals surface area contributed by atoms with Crippen molar-refractivity contribution in [3.63, 3.8) is 0 Å². The van der Waals surface area contributed by atoms with E-state index >= 15 is 0 Å². The highest BCUT2D eigenvalue weighted by Gasteiger charge is 2.31. The normalized spacial score (nSPS) is 23.8. The van der Waals surface area contributed by atoms with Gasteiger partial charge in [-0.3, -0.25) is 14.5 Å². The summed E-state index contributed by atoms with van der Waals surface area (Å²) < 4.78 is 0. The van der Waals surface area contributed by atoms with Crippen molar-refractivity contribution in [2.75, 3.05) is 39.3 Å². The van der Waals surface area contributed by atoms with E-state index in [0.29, 0.717) is 24.4 Å². The topological polar surface area (TPSA) is 43.9 Å². The average Bonchev–Trinajstić information content (AvgIpc) is 2.70. The second-order valence-corrected chi connectivity index (χ2v) is 8.41. The SMILES string of the molecule is CCN(C(=O)CN1CCC(C(=O)N2CCCCC2)CC1)C1CCCCC1. The summed E-state index contributed by atoms with van der Waals surface area (Å²) in [6.45, 7) is 7.14. The van der Waals surface area contributed by atoms with Crippen molar-refractivity contribution in [3.05, 3.63) is 0 Å². The van der Waals surface area contributed by atoms with E-state index in [1.54, 1.807) is 0 Å². The van der Waals surface area contributed by atoms with Crippen LogP contribution in [0.15, 0.2) is 0 Å². The van der Waals surface area contributed by atoms with Crippen molar-refractivity contribution in [1.29, 1.82) is 0 Å². The lowest BCUT2D eigenvalue weighted by molar-refractivity contribution is -0.138. The molecular weight excluding hydrogens is 326 g/mol. The summed E-state index contributed by atoms with van der Waals surface area (Å²) in [5.41, 5.74) is 0. The number of amides is 2. The highest BCUT2D eigenvalue weighted by atomic mass is 16.2. The van der Waals surface area contributed by atoms with Gasteiger partial charge in [-0.1, -0.05) is 19.3 Å². The highest BCUT2D eigenvalue weighted by Crippen LogP contribution is 2.24. The third kappa shape index (κ3) is 4.99. The van der Waals surface area contributed by atoms with E-state index in [0.717, 1.165) is 58.4 Å².